The summed E-state index contributed by atoms with van der Waals surface area (Å²) in [4.78, 5) is 13.0. The number of likely N-dealkylation sites (N-methyl/N-ethyl adjacent to an activating group) is 1. The Morgan fingerprint density at radius 3 is 2.06 bits per heavy atom. The second kappa shape index (κ2) is 4.88. The maximum Gasteiger partial charge on any atom is 0.335 e. The topological polar surface area (TPSA) is 40.5 Å². The smallest absolute Gasteiger partial charge is 0.335 e. The number of nitrogens with zero attached hydrogens (tertiary/aromatic N) is 1. The molecule has 0 spiro atoms. The second-order valence-corrected chi connectivity index (χ2v) is 5.24. The highest BCUT2D eigenvalue weighted by Gasteiger charge is 2.29. The summed E-state index contributed by atoms with van der Waals surface area (Å²) in [5.74, 6) is -0.880. The normalized spacial score (nSPS) is 13.8. The van der Waals surface area contributed by atoms with Gasteiger partial charge in [0.15, 0.2) is 0 Å². The molecule has 17 heavy (non-hydrogen) atoms. The molecule has 0 radical (unpaired) electrons. The molecule has 1 unspecified atom stereocenters. The van der Waals surface area contributed by atoms with Crippen molar-refractivity contribution in [2.24, 2.45) is 0 Å². The van der Waals surface area contributed by atoms with E-state index >= 15 is 0 Å². The number of carbonyl (C=O) groups is 1. The minimum atomic E-state index is -0.880. The highest BCUT2D eigenvalue weighted by molar-refractivity contribution is 5.87. The van der Waals surface area contributed by atoms with Crippen molar-refractivity contribution < 1.29 is 9.90 Å². The van der Waals surface area contributed by atoms with Crippen LogP contribution >= 0.6 is 0 Å². The van der Waals surface area contributed by atoms with Gasteiger partial charge in [0.2, 0.25) is 0 Å². The minimum Gasteiger partial charge on any atom is -0.478 e. The fourth-order valence-corrected chi connectivity index (χ4v) is 1.93. The van der Waals surface area contributed by atoms with Crippen molar-refractivity contribution in [1.82, 2.24) is 4.90 Å². The third-order valence-corrected chi connectivity index (χ3v) is 3.69. The molecule has 0 aliphatic heterocycles. The average molecular weight is 235 g/mol. The summed E-state index contributed by atoms with van der Waals surface area (Å²) in [5, 5.41) is 8.87. The molecule has 0 aliphatic rings. The van der Waals surface area contributed by atoms with E-state index in [-0.39, 0.29) is 5.41 Å². The Morgan fingerprint density at radius 2 is 1.71 bits per heavy atom. The lowest BCUT2D eigenvalue weighted by atomic mass is 9.78. The van der Waals surface area contributed by atoms with Gasteiger partial charge in [0, 0.05) is 11.5 Å². The molecule has 0 heterocycles. The molecule has 1 aromatic carbocycles. The van der Waals surface area contributed by atoms with Crippen molar-refractivity contribution in [3.8, 4) is 0 Å². The molecule has 3 nitrogen and oxygen atoms in total. The van der Waals surface area contributed by atoms with E-state index in [0.29, 0.717) is 11.6 Å². The Labute approximate surface area is 103 Å². The van der Waals surface area contributed by atoms with Gasteiger partial charge in [-0.25, -0.2) is 4.79 Å². The fraction of sp³-hybridized carbons (Fsp3) is 0.500. The predicted molar refractivity (Wildman–Crippen MR) is 69.6 cm³/mol. The first-order valence-electron chi connectivity index (χ1n) is 5.77. The van der Waals surface area contributed by atoms with Gasteiger partial charge in [-0.15, -0.1) is 0 Å². The van der Waals surface area contributed by atoms with Crippen molar-refractivity contribution >= 4 is 5.97 Å². The van der Waals surface area contributed by atoms with Crippen molar-refractivity contribution in [2.75, 3.05) is 14.1 Å². The van der Waals surface area contributed by atoms with E-state index in [4.69, 9.17) is 5.11 Å². The molecule has 0 fully saturated rings. The number of hydrogen-bond acceptors (Lipinski definition) is 2. The largest absolute Gasteiger partial charge is 0.478 e. The number of carboxylic acid groups (broad SMARTS) is 1. The van der Waals surface area contributed by atoms with Crippen LogP contribution in [0.25, 0.3) is 0 Å². The highest BCUT2D eigenvalue weighted by Crippen LogP contribution is 2.29. The molecule has 0 saturated heterocycles. The third kappa shape index (κ3) is 2.86. The summed E-state index contributed by atoms with van der Waals surface area (Å²) in [5.41, 5.74) is 1.48. The zero-order chi connectivity index (χ0) is 13.2. The first-order chi connectivity index (χ1) is 7.76. The van der Waals surface area contributed by atoms with E-state index in [2.05, 4.69) is 39.8 Å². The van der Waals surface area contributed by atoms with Gasteiger partial charge in [-0.1, -0.05) is 26.0 Å². The lowest BCUT2D eigenvalue weighted by Crippen LogP contribution is -2.41. The Kier molecular flexibility index (Phi) is 3.94. The molecule has 3 heteroatoms. The van der Waals surface area contributed by atoms with Gasteiger partial charge in [0.1, 0.15) is 0 Å². The molecule has 1 rings (SSSR count). The Hall–Kier alpha value is -1.35. The number of rotatable bonds is 4. The summed E-state index contributed by atoms with van der Waals surface area (Å²) in [6.07, 6.45) is 0. The van der Waals surface area contributed by atoms with E-state index in [1.54, 1.807) is 12.1 Å². The van der Waals surface area contributed by atoms with Gasteiger partial charge in [-0.05, 0) is 38.7 Å². The summed E-state index contributed by atoms with van der Waals surface area (Å²) in [6.45, 7) is 6.52. The average Bonchev–Trinajstić information content (AvgIpc) is 2.27. The first kappa shape index (κ1) is 13.7. The molecule has 1 atom stereocenters. The highest BCUT2D eigenvalue weighted by atomic mass is 16.4. The fourth-order valence-electron chi connectivity index (χ4n) is 1.93. The van der Waals surface area contributed by atoms with Gasteiger partial charge in [0.05, 0.1) is 5.56 Å². The zero-order valence-corrected chi connectivity index (χ0v) is 11.2. The van der Waals surface area contributed by atoms with Crippen LogP contribution in [0.4, 0.5) is 0 Å². The molecule has 0 bridgehead atoms. The predicted octanol–water partition coefficient (Wildman–Crippen LogP) is 2.61. The van der Waals surface area contributed by atoms with Crippen LogP contribution in [0.15, 0.2) is 24.3 Å². The van der Waals surface area contributed by atoms with Crippen LogP contribution in [-0.2, 0) is 5.41 Å². The van der Waals surface area contributed by atoms with Gasteiger partial charge in [0.25, 0.3) is 0 Å². The maximum absolute atomic E-state index is 10.8. The Balaban J connectivity index is 3.03. The minimum absolute atomic E-state index is 0.0134. The first-order valence-corrected chi connectivity index (χ1v) is 5.77. The second-order valence-electron chi connectivity index (χ2n) is 5.24. The molecule has 0 aromatic heterocycles. The van der Waals surface area contributed by atoms with Crippen molar-refractivity contribution in [3.05, 3.63) is 35.4 Å². The van der Waals surface area contributed by atoms with Crippen molar-refractivity contribution in [2.45, 2.75) is 32.2 Å². The molecular formula is C14H21NO2. The van der Waals surface area contributed by atoms with Crippen LogP contribution < -0.4 is 0 Å². The van der Waals surface area contributed by atoms with Crippen molar-refractivity contribution in [1.29, 1.82) is 0 Å². The van der Waals surface area contributed by atoms with Crippen LogP contribution in [0.1, 0.15) is 36.7 Å². The molecular weight excluding hydrogens is 214 g/mol. The monoisotopic (exact) mass is 235 g/mol. The van der Waals surface area contributed by atoms with Crippen LogP contribution in [0.2, 0.25) is 0 Å². The third-order valence-electron chi connectivity index (χ3n) is 3.69. The Bertz CT molecular complexity index is 393. The SMILES string of the molecule is CC(N(C)C)C(C)(C)c1ccc(C(=O)O)cc1. The number of carboxylic acids is 1. The van der Waals surface area contributed by atoms with Crippen molar-refractivity contribution in [3.63, 3.8) is 0 Å². The molecule has 94 valence electrons. The van der Waals surface area contributed by atoms with E-state index in [9.17, 15) is 4.79 Å². The van der Waals surface area contributed by atoms with E-state index in [1.165, 1.54) is 0 Å². The van der Waals surface area contributed by atoms with Crippen LogP contribution in [-0.4, -0.2) is 36.1 Å². The summed E-state index contributed by atoms with van der Waals surface area (Å²) >= 11 is 0. The van der Waals surface area contributed by atoms with Gasteiger partial charge in [-0.3, -0.25) is 0 Å². The van der Waals surface area contributed by atoms with E-state index in [0.717, 1.165) is 5.56 Å². The molecule has 1 N–H and O–H groups in total. The van der Waals surface area contributed by atoms with Gasteiger partial charge in [-0.2, -0.15) is 0 Å². The summed E-state index contributed by atoms with van der Waals surface area (Å²) in [7, 11) is 4.11. The van der Waals surface area contributed by atoms with Gasteiger partial charge >= 0.3 is 5.97 Å². The number of benzene rings is 1. The number of aromatic carboxylic acids is 1. The quantitative estimate of drug-likeness (QED) is 0.872. The van der Waals surface area contributed by atoms with Gasteiger partial charge < -0.3 is 10.0 Å². The molecule has 0 aliphatic carbocycles. The maximum atomic E-state index is 10.8. The Morgan fingerprint density at radius 1 is 1.24 bits per heavy atom. The zero-order valence-electron chi connectivity index (χ0n) is 11.2. The van der Waals surface area contributed by atoms with Crippen LogP contribution in [0.3, 0.4) is 0 Å². The van der Waals surface area contributed by atoms with E-state index in [1.807, 2.05) is 12.1 Å². The number of hydrogen-bond donors (Lipinski definition) is 1. The lowest BCUT2D eigenvalue weighted by Gasteiger charge is -2.36. The van der Waals surface area contributed by atoms with Crippen LogP contribution in [0.5, 0.6) is 0 Å². The summed E-state index contributed by atoms with van der Waals surface area (Å²) in [6, 6.07) is 7.52. The molecule has 0 amide bonds. The van der Waals surface area contributed by atoms with E-state index < -0.39 is 5.97 Å². The summed E-state index contributed by atoms with van der Waals surface area (Å²) < 4.78 is 0. The lowest BCUT2D eigenvalue weighted by molar-refractivity contribution is 0.0697. The standard InChI is InChI=1S/C14H21NO2/c1-10(15(4)5)14(2,3)12-8-6-11(7-9-12)13(16)17/h6-10H,1-5H3,(H,16,17). The molecule has 0 saturated carbocycles. The van der Waals surface area contributed by atoms with Crippen LogP contribution in [0, 0.1) is 0 Å². The molecule has 1 aromatic rings.